The summed E-state index contributed by atoms with van der Waals surface area (Å²) < 4.78 is 17.4. The van der Waals surface area contributed by atoms with E-state index in [2.05, 4.69) is 10.6 Å². The first-order chi connectivity index (χ1) is 21.4. The Labute approximate surface area is 262 Å². The number of likely N-dealkylation sites (N-methyl/N-ethyl adjacent to an activating group) is 1. The fraction of sp³-hybridized carbons (Fsp3) is 0.412. The van der Waals surface area contributed by atoms with Crippen molar-refractivity contribution in [3.8, 4) is 11.5 Å². The molecule has 0 fully saturated rings. The van der Waals surface area contributed by atoms with Crippen molar-refractivity contribution in [1.82, 2.24) is 15.5 Å². The van der Waals surface area contributed by atoms with Crippen molar-refractivity contribution < 1.29 is 28.9 Å². The molecule has 1 aliphatic carbocycles. The third-order valence-electron chi connectivity index (χ3n) is 8.26. The van der Waals surface area contributed by atoms with E-state index in [0.29, 0.717) is 36.7 Å². The van der Waals surface area contributed by atoms with Crippen molar-refractivity contribution in [1.29, 1.82) is 0 Å². The molecule has 2 aliphatic rings. The first kappa shape index (κ1) is 31.7. The van der Waals surface area contributed by atoms with Crippen molar-refractivity contribution in [2.75, 3.05) is 33.9 Å². The number of hydrogen-bond donors (Lipinski definition) is 3. The van der Waals surface area contributed by atoms with Crippen LogP contribution in [0.4, 0.5) is 0 Å². The minimum Gasteiger partial charge on any atom is -0.497 e. The van der Waals surface area contributed by atoms with Crippen LogP contribution >= 0.6 is 11.3 Å². The van der Waals surface area contributed by atoms with E-state index in [9.17, 15) is 14.7 Å². The molecule has 9 nitrogen and oxygen atoms in total. The molecule has 0 spiro atoms. The van der Waals surface area contributed by atoms with Crippen LogP contribution in [0.15, 0.2) is 72.1 Å². The minimum absolute atomic E-state index is 0.0521. The summed E-state index contributed by atoms with van der Waals surface area (Å²) in [6.07, 6.45) is 4.16. The molecule has 1 aromatic heterocycles. The van der Waals surface area contributed by atoms with Gasteiger partial charge in [0.1, 0.15) is 22.4 Å². The highest BCUT2D eigenvalue weighted by molar-refractivity contribution is 7.12. The lowest BCUT2D eigenvalue weighted by atomic mass is 9.99. The molecule has 10 heteroatoms. The van der Waals surface area contributed by atoms with E-state index >= 15 is 0 Å². The van der Waals surface area contributed by atoms with Crippen LogP contribution < -0.4 is 20.1 Å². The molecule has 44 heavy (non-hydrogen) atoms. The van der Waals surface area contributed by atoms with Crippen LogP contribution in [0, 0.1) is 0 Å². The van der Waals surface area contributed by atoms with Crippen molar-refractivity contribution in [2.45, 2.75) is 56.5 Å². The van der Waals surface area contributed by atoms with Crippen molar-refractivity contribution >= 4 is 23.2 Å². The van der Waals surface area contributed by atoms with Gasteiger partial charge in [0, 0.05) is 19.6 Å². The number of thiophene rings is 1. The molecule has 0 radical (unpaired) electrons. The molecule has 3 aromatic rings. The quantitative estimate of drug-likeness (QED) is 0.336. The van der Waals surface area contributed by atoms with Gasteiger partial charge in [0.15, 0.2) is 0 Å². The SMILES string of the molecule is CCOc1ccsc1C(=O)N(C)[C@H]1C/C=C\CO[C@@H]2C[C@H](NC[C@@H](O)[C@H](Cc3ccccc3)NC1=O)c1cc(OC)ccc12. The van der Waals surface area contributed by atoms with Crippen LogP contribution in [0.1, 0.15) is 58.3 Å². The highest BCUT2D eigenvalue weighted by atomic mass is 32.1. The van der Waals surface area contributed by atoms with Gasteiger partial charge in [-0.2, -0.15) is 0 Å². The van der Waals surface area contributed by atoms with E-state index in [0.717, 1.165) is 22.4 Å². The predicted octanol–water partition coefficient (Wildman–Crippen LogP) is 4.44. The number of carbonyl (C=O) groups is 2. The number of β-amino-alcohol motifs (C(OH)–C–C–N with tert-alkyl or cyclic N) is 1. The minimum atomic E-state index is -0.905. The second kappa shape index (κ2) is 14.9. The maximum atomic E-state index is 13.9. The van der Waals surface area contributed by atoms with Crippen LogP contribution in [0.3, 0.4) is 0 Å². The van der Waals surface area contributed by atoms with E-state index in [1.807, 2.05) is 67.6 Å². The third kappa shape index (κ3) is 7.32. The van der Waals surface area contributed by atoms with Gasteiger partial charge < -0.3 is 34.9 Å². The molecule has 234 valence electrons. The molecule has 1 aliphatic heterocycles. The lowest BCUT2D eigenvalue weighted by Crippen LogP contribution is -2.55. The van der Waals surface area contributed by atoms with E-state index < -0.39 is 18.2 Å². The lowest BCUT2D eigenvalue weighted by Gasteiger charge is -2.31. The van der Waals surface area contributed by atoms with Crippen LogP contribution in [-0.4, -0.2) is 73.9 Å². The fourth-order valence-corrected chi connectivity index (χ4v) is 6.68. The number of aliphatic hydroxyl groups excluding tert-OH is 1. The largest absolute Gasteiger partial charge is 0.497 e. The number of hydrogen-bond acceptors (Lipinski definition) is 8. The van der Waals surface area contributed by atoms with E-state index in [4.69, 9.17) is 14.2 Å². The molecule has 5 atom stereocenters. The normalized spacial score (nSPS) is 24.7. The molecule has 5 rings (SSSR count). The lowest BCUT2D eigenvalue weighted by molar-refractivity contribution is -0.126. The van der Waals surface area contributed by atoms with Crippen LogP contribution in [0.25, 0.3) is 0 Å². The Kier molecular flexibility index (Phi) is 10.7. The maximum Gasteiger partial charge on any atom is 0.268 e. The zero-order valence-electron chi connectivity index (χ0n) is 25.4. The smallest absolute Gasteiger partial charge is 0.268 e. The molecule has 0 saturated heterocycles. The zero-order valence-corrected chi connectivity index (χ0v) is 26.2. The Hall–Kier alpha value is -3.70. The van der Waals surface area contributed by atoms with E-state index in [1.165, 1.54) is 16.2 Å². The van der Waals surface area contributed by atoms with Gasteiger partial charge >= 0.3 is 0 Å². The number of benzene rings is 2. The summed E-state index contributed by atoms with van der Waals surface area (Å²) in [5.74, 6) is 0.637. The molecule has 0 unspecified atom stereocenters. The summed E-state index contributed by atoms with van der Waals surface area (Å²) in [5, 5.41) is 20.0. The van der Waals surface area contributed by atoms with Gasteiger partial charge in [0.25, 0.3) is 5.91 Å². The molecule has 2 heterocycles. The maximum absolute atomic E-state index is 13.9. The molecular weight excluding hydrogens is 578 g/mol. The Morgan fingerprint density at radius 1 is 1.14 bits per heavy atom. The van der Waals surface area contributed by atoms with E-state index in [-0.39, 0.29) is 36.9 Å². The summed E-state index contributed by atoms with van der Waals surface area (Å²) >= 11 is 1.29. The summed E-state index contributed by atoms with van der Waals surface area (Å²) in [6.45, 7) is 2.90. The van der Waals surface area contributed by atoms with Crippen molar-refractivity contribution in [3.05, 3.63) is 93.7 Å². The van der Waals surface area contributed by atoms with Crippen molar-refractivity contribution in [2.24, 2.45) is 0 Å². The molecule has 2 amide bonds. The fourth-order valence-electron chi connectivity index (χ4n) is 5.86. The van der Waals surface area contributed by atoms with Crippen LogP contribution in [0.5, 0.6) is 11.5 Å². The topological polar surface area (TPSA) is 109 Å². The Balaban J connectivity index is 1.43. The van der Waals surface area contributed by atoms with Gasteiger partial charge in [0.05, 0.1) is 38.6 Å². The highest BCUT2D eigenvalue weighted by Gasteiger charge is 2.35. The third-order valence-corrected chi connectivity index (χ3v) is 9.15. The summed E-state index contributed by atoms with van der Waals surface area (Å²) in [7, 11) is 3.28. The van der Waals surface area contributed by atoms with Gasteiger partial charge in [-0.05, 0) is 66.5 Å². The number of rotatable bonds is 7. The summed E-state index contributed by atoms with van der Waals surface area (Å²) in [6, 6.07) is 16.1. The van der Waals surface area contributed by atoms with Gasteiger partial charge in [-0.3, -0.25) is 9.59 Å². The van der Waals surface area contributed by atoms with Gasteiger partial charge in [-0.25, -0.2) is 0 Å². The Bertz CT molecular complexity index is 1440. The number of methoxy groups -OCH3 is 1. The number of aliphatic hydroxyl groups is 1. The number of nitrogens with zero attached hydrogens (tertiary/aromatic N) is 1. The molecule has 2 aromatic carbocycles. The Morgan fingerprint density at radius 3 is 2.73 bits per heavy atom. The first-order valence-corrected chi connectivity index (χ1v) is 15.9. The monoisotopic (exact) mass is 619 g/mol. The second-order valence-electron chi connectivity index (χ2n) is 11.1. The molecule has 2 bridgehead atoms. The number of fused-ring (bicyclic) bond motifs is 5. The first-order valence-electron chi connectivity index (χ1n) is 15.1. The van der Waals surface area contributed by atoms with Crippen molar-refractivity contribution in [3.63, 3.8) is 0 Å². The molecule has 0 saturated carbocycles. The number of ether oxygens (including phenoxy) is 3. The number of amides is 2. The molecule has 3 N–H and O–H groups in total. The van der Waals surface area contributed by atoms with Crippen LogP contribution in [-0.2, 0) is 16.0 Å². The number of carbonyl (C=O) groups excluding carboxylic acids is 2. The molecular formula is C34H41N3O6S. The summed E-state index contributed by atoms with van der Waals surface area (Å²) in [5.41, 5.74) is 3.16. The Morgan fingerprint density at radius 2 is 1.95 bits per heavy atom. The average molecular weight is 620 g/mol. The second-order valence-corrected chi connectivity index (χ2v) is 12.0. The van der Waals surface area contributed by atoms with E-state index in [1.54, 1.807) is 25.6 Å². The van der Waals surface area contributed by atoms with Gasteiger partial charge in [-0.15, -0.1) is 11.3 Å². The average Bonchev–Trinajstić information content (AvgIpc) is 3.64. The number of nitrogens with one attached hydrogen (secondary N) is 2. The van der Waals surface area contributed by atoms with Gasteiger partial charge in [-0.1, -0.05) is 48.6 Å². The predicted molar refractivity (Wildman–Crippen MR) is 170 cm³/mol. The standard InChI is InChI=1S/C34H41N3O6S/c1-4-42-30-15-17-44-32(30)34(40)37(2)28-12-8-9-16-43-31-20-26(25-19-23(41-3)13-14-24(25)31)35-21-29(38)27(36-33(28)39)18-22-10-6-5-7-11-22/h5-11,13-15,17,19,26-29,31,35,38H,4,12,16,18,20-21H2,1-3H3,(H,36,39)/b9-8-/t26-,27-,28-,29+,31+/m0/s1. The zero-order chi connectivity index (χ0) is 31.1. The van der Waals surface area contributed by atoms with Gasteiger partial charge in [0.2, 0.25) is 5.91 Å². The van der Waals surface area contributed by atoms with Crippen LogP contribution in [0.2, 0.25) is 0 Å². The summed E-state index contributed by atoms with van der Waals surface area (Å²) in [4.78, 5) is 29.5. The highest BCUT2D eigenvalue weighted by Crippen LogP contribution is 2.42.